The maximum absolute atomic E-state index is 12.5. The highest BCUT2D eigenvalue weighted by molar-refractivity contribution is 7.91. The molecule has 1 atom stereocenters. The molecule has 2 aromatic rings. The molecule has 2 aliphatic rings. The molecule has 25 heavy (non-hydrogen) atoms. The fourth-order valence-electron chi connectivity index (χ4n) is 3.31. The predicted molar refractivity (Wildman–Crippen MR) is 94.8 cm³/mol. The van der Waals surface area contributed by atoms with Crippen LogP contribution in [0.5, 0.6) is 0 Å². The summed E-state index contributed by atoms with van der Waals surface area (Å²) in [7, 11) is -3.02. The van der Waals surface area contributed by atoms with Crippen LogP contribution in [0.2, 0.25) is 0 Å². The summed E-state index contributed by atoms with van der Waals surface area (Å²) in [6, 6.07) is 9.57. The SMILES string of the molecule is Cc1cccc(-n2nc(C(=O)NC3CCS(=O)(=O)C3)cc2C2CC2)c1. The van der Waals surface area contributed by atoms with Crippen LogP contribution in [0.25, 0.3) is 5.69 Å². The summed E-state index contributed by atoms with van der Waals surface area (Å²) >= 11 is 0. The van der Waals surface area contributed by atoms with Gasteiger partial charge in [-0.3, -0.25) is 4.79 Å². The van der Waals surface area contributed by atoms with Crippen molar-refractivity contribution >= 4 is 15.7 Å². The highest BCUT2D eigenvalue weighted by Crippen LogP contribution is 2.41. The minimum absolute atomic E-state index is 0.0206. The lowest BCUT2D eigenvalue weighted by Crippen LogP contribution is -2.35. The number of rotatable bonds is 4. The van der Waals surface area contributed by atoms with Gasteiger partial charge in [-0.1, -0.05) is 12.1 Å². The molecule has 1 aliphatic heterocycles. The number of nitrogens with one attached hydrogen (secondary N) is 1. The Bertz CT molecular complexity index is 929. The van der Waals surface area contributed by atoms with E-state index < -0.39 is 9.84 Å². The standard InChI is InChI=1S/C18H21N3O3S/c1-12-3-2-4-15(9-12)21-17(13-5-6-13)10-16(20-21)18(22)19-14-7-8-25(23,24)11-14/h2-4,9-10,13-14H,5-8,11H2,1H3,(H,19,22). The molecule has 2 fully saturated rings. The number of aryl methyl sites for hydroxylation is 1. The van der Waals surface area contributed by atoms with E-state index >= 15 is 0 Å². The molecule has 0 radical (unpaired) electrons. The number of hydrogen-bond donors (Lipinski definition) is 1. The smallest absolute Gasteiger partial charge is 0.272 e. The van der Waals surface area contributed by atoms with Gasteiger partial charge < -0.3 is 5.32 Å². The third kappa shape index (κ3) is 3.46. The fraction of sp³-hybridized carbons (Fsp3) is 0.444. The highest BCUT2D eigenvalue weighted by atomic mass is 32.2. The van der Waals surface area contributed by atoms with E-state index in [2.05, 4.69) is 10.4 Å². The summed E-state index contributed by atoms with van der Waals surface area (Å²) in [5.74, 6) is 0.312. The summed E-state index contributed by atoms with van der Waals surface area (Å²) in [4.78, 5) is 12.5. The van der Waals surface area contributed by atoms with Gasteiger partial charge in [-0.05, 0) is 49.9 Å². The van der Waals surface area contributed by atoms with Gasteiger partial charge in [-0.25, -0.2) is 13.1 Å². The Kier molecular flexibility index (Phi) is 3.91. The Balaban J connectivity index is 1.60. The van der Waals surface area contributed by atoms with Gasteiger partial charge in [0, 0.05) is 17.7 Å². The molecule has 1 saturated carbocycles. The number of sulfone groups is 1. The molecule has 1 aromatic carbocycles. The molecule has 1 aliphatic carbocycles. The molecule has 1 saturated heterocycles. The molecular formula is C18H21N3O3S. The zero-order chi connectivity index (χ0) is 17.6. The molecule has 1 amide bonds. The van der Waals surface area contributed by atoms with Crippen molar-refractivity contribution in [1.82, 2.24) is 15.1 Å². The average Bonchev–Trinajstić information content (AvgIpc) is 3.21. The molecule has 4 rings (SSSR count). The normalized spacial score (nSPS) is 22.0. The Labute approximate surface area is 147 Å². The number of carbonyl (C=O) groups excluding carboxylic acids is 1. The number of benzene rings is 1. The van der Waals surface area contributed by atoms with E-state index in [4.69, 9.17) is 0 Å². The monoisotopic (exact) mass is 359 g/mol. The van der Waals surface area contributed by atoms with Crippen molar-refractivity contribution < 1.29 is 13.2 Å². The molecule has 132 valence electrons. The lowest BCUT2D eigenvalue weighted by molar-refractivity contribution is 0.0935. The van der Waals surface area contributed by atoms with Crippen molar-refractivity contribution in [3.63, 3.8) is 0 Å². The highest BCUT2D eigenvalue weighted by Gasteiger charge is 2.32. The van der Waals surface area contributed by atoms with Crippen molar-refractivity contribution in [2.24, 2.45) is 0 Å². The maximum Gasteiger partial charge on any atom is 0.272 e. The summed E-state index contributed by atoms with van der Waals surface area (Å²) in [5, 5.41) is 7.34. The van der Waals surface area contributed by atoms with E-state index in [0.29, 0.717) is 18.0 Å². The van der Waals surface area contributed by atoms with Crippen LogP contribution in [0, 0.1) is 6.92 Å². The summed E-state index contributed by atoms with van der Waals surface area (Å²) in [5.41, 5.74) is 3.49. The van der Waals surface area contributed by atoms with Gasteiger partial charge in [0.25, 0.3) is 5.91 Å². The molecule has 7 heteroatoms. The Morgan fingerprint density at radius 3 is 2.68 bits per heavy atom. The Morgan fingerprint density at radius 2 is 2.04 bits per heavy atom. The quantitative estimate of drug-likeness (QED) is 0.905. The first-order chi connectivity index (χ1) is 11.9. The van der Waals surface area contributed by atoms with E-state index in [1.54, 1.807) is 0 Å². The third-order valence-corrected chi connectivity index (χ3v) is 6.55. The number of carbonyl (C=O) groups is 1. The van der Waals surface area contributed by atoms with E-state index in [0.717, 1.165) is 29.8 Å². The van der Waals surface area contributed by atoms with Crippen molar-refractivity contribution in [1.29, 1.82) is 0 Å². The largest absolute Gasteiger partial charge is 0.347 e. The first-order valence-corrected chi connectivity index (χ1v) is 10.4. The van der Waals surface area contributed by atoms with E-state index in [-0.39, 0.29) is 23.5 Å². The average molecular weight is 359 g/mol. The van der Waals surface area contributed by atoms with Gasteiger partial charge in [-0.15, -0.1) is 0 Å². The molecular weight excluding hydrogens is 338 g/mol. The topological polar surface area (TPSA) is 81.1 Å². The first-order valence-electron chi connectivity index (χ1n) is 8.59. The van der Waals surface area contributed by atoms with Crippen LogP contribution in [0.1, 0.15) is 46.9 Å². The second-order valence-electron chi connectivity index (χ2n) is 7.05. The van der Waals surface area contributed by atoms with Crippen LogP contribution in [0.4, 0.5) is 0 Å². The van der Waals surface area contributed by atoms with Crippen molar-refractivity contribution in [2.75, 3.05) is 11.5 Å². The van der Waals surface area contributed by atoms with Gasteiger partial charge in [0.1, 0.15) is 0 Å². The summed E-state index contributed by atoms with van der Waals surface area (Å²) in [6.45, 7) is 2.03. The van der Waals surface area contributed by atoms with Crippen LogP contribution < -0.4 is 5.32 Å². The van der Waals surface area contributed by atoms with E-state index in [1.165, 1.54) is 0 Å². The van der Waals surface area contributed by atoms with Crippen molar-refractivity contribution in [3.05, 3.63) is 47.3 Å². The zero-order valence-electron chi connectivity index (χ0n) is 14.1. The summed E-state index contributed by atoms with van der Waals surface area (Å²) < 4.78 is 25.0. The first kappa shape index (κ1) is 16.3. The second kappa shape index (κ2) is 5.98. The molecule has 6 nitrogen and oxygen atoms in total. The summed E-state index contributed by atoms with van der Waals surface area (Å²) in [6.07, 6.45) is 2.70. The van der Waals surface area contributed by atoms with E-state index in [1.807, 2.05) is 41.9 Å². The zero-order valence-corrected chi connectivity index (χ0v) is 14.9. The minimum atomic E-state index is -3.02. The lowest BCUT2D eigenvalue weighted by Gasteiger charge is -2.09. The van der Waals surface area contributed by atoms with Crippen LogP contribution in [0.3, 0.4) is 0 Å². The number of nitrogens with zero attached hydrogens (tertiary/aromatic N) is 2. The van der Waals surface area contributed by atoms with E-state index in [9.17, 15) is 13.2 Å². The van der Waals surface area contributed by atoms with Gasteiger partial charge in [0.15, 0.2) is 15.5 Å². The molecule has 1 unspecified atom stereocenters. The predicted octanol–water partition coefficient (Wildman–Crippen LogP) is 1.98. The number of amides is 1. The maximum atomic E-state index is 12.5. The fourth-order valence-corrected chi connectivity index (χ4v) is 4.98. The third-order valence-electron chi connectivity index (χ3n) is 4.78. The Hall–Kier alpha value is -2.15. The molecule has 1 N–H and O–H groups in total. The van der Waals surface area contributed by atoms with Gasteiger partial charge in [0.05, 0.1) is 17.2 Å². The minimum Gasteiger partial charge on any atom is -0.347 e. The van der Waals surface area contributed by atoms with Crippen LogP contribution in [-0.4, -0.2) is 41.7 Å². The Morgan fingerprint density at radius 1 is 1.24 bits per heavy atom. The van der Waals surface area contributed by atoms with Gasteiger partial charge in [0.2, 0.25) is 0 Å². The van der Waals surface area contributed by atoms with Crippen molar-refractivity contribution in [3.8, 4) is 5.69 Å². The van der Waals surface area contributed by atoms with Crippen LogP contribution >= 0.6 is 0 Å². The van der Waals surface area contributed by atoms with Crippen LogP contribution in [-0.2, 0) is 9.84 Å². The van der Waals surface area contributed by atoms with Gasteiger partial charge in [-0.2, -0.15) is 5.10 Å². The second-order valence-corrected chi connectivity index (χ2v) is 9.28. The van der Waals surface area contributed by atoms with Crippen LogP contribution in [0.15, 0.2) is 30.3 Å². The number of hydrogen-bond acceptors (Lipinski definition) is 4. The lowest BCUT2D eigenvalue weighted by atomic mass is 10.2. The molecule has 0 bridgehead atoms. The molecule has 0 spiro atoms. The molecule has 1 aromatic heterocycles. The molecule has 2 heterocycles. The van der Waals surface area contributed by atoms with Crippen molar-refractivity contribution in [2.45, 2.75) is 38.1 Å². The van der Waals surface area contributed by atoms with Gasteiger partial charge >= 0.3 is 0 Å². The number of aromatic nitrogens is 2.